The smallest absolute Gasteiger partial charge is 0.326 e. The molecule has 0 spiro atoms. The van der Waals surface area contributed by atoms with Gasteiger partial charge >= 0.3 is 12.0 Å². The second kappa shape index (κ2) is 7.52. The average Bonchev–Trinajstić information content (AvgIpc) is 2.23. The van der Waals surface area contributed by atoms with Gasteiger partial charge in [0.15, 0.2) is 0 Å². The number of amides is 3. The molecular formula is C11H21N3O4. The number of nitrogens with one attached hydrogen (secondary N) is 1. The maximum absolute atomic E-state index is 11.9. The van der Waals surface area contributed by atoms with Crippen molar-refractivity contribution in [2.75, 3.05) is 6.54 Å². The molecule has 0 heterocycles. The molecule has 3 amide bonds. The lowest BCUT2D eigenvalue weighted by molar-refractivity contribution is -0.141. The van der Waals surface area contributed by atoms with Crippen molar-refractivity contribution < 1.29 is 19.5 Å². The van der Waals surface area contributed by atoms with Gasteiger partial charge in [0.25, 0.3) is 0 Å². The van der Waals surface area contributed by atoms with Crippen LogP contribution < -0.4 is 11.1 Å². The normalized spacial score (nSPS) is 12.0. The van der Waals surface area contributed by atoms with E-state index in [9.17, 15) is 14.4 Å². The molecule has 0 bridgehead atoms. The van der Waals surface area contributed by atoms with E-state index in [0.29, 0.717) is 6.54 Å². The Balaban J connectivity index is 4.65. The van der Waals surface area contributed by atoms with Crippen molar-refractivity contribution in [1.29, 1.82) is 0 Å². The topological polar surface area (TPSA) is 113 Å². The molecule has 0 aromatic carbocycles. The molecule has 104 valence electrons. The Labute approximate surface area is 106 Å². The third kappa shape index (κ3) is 5.51. The summed E-state index contributed by atoms with van der Waals surface area (Å²) >= 11 is 0. The van der Waals surface area contributed by atoms with Crippen molar-refractivity contribution in [1.82, 2.24) is 10.2 Å². The van der Waals surface area contributed by atoms with Gasteiger partial charge in [0.2, 0.25) is 5.91 Å². The van der Waals surface area contributed by atoms with Crippen molar-refractivity contribution in [3.63, 3.8) is 0 Å². The van der Waals surface area contributed by atoms with Gasteiger partial charge in [-0.1, -0.05) is 6.92 Å². The summed E-state index contributed by atoms with van der Waals surface area (Å²) in [5.41, 5.74) is 4.93. The lowest BCUT2D eigenvalue weighted by Gasteiger charge is -2.27. The second-order valence-electron chi connectivity index (χ2n) is 4.30. The summed E-state index contributed by atoms with van der Waals surface area (Å²) in [6, 6.07) is -1.83. The molecule has 1 atom stereocenters. The van der Waals surface area contributed by atoms with Crippen molar-refractivity contribution in [3.05, 3.63) is 0 Å². The largest absolute Gasteiger partial charge is 0.480 e. The molecule has 0 aliphatic heterocycles. The predicted molar refractivity (Wildman–Crippen MR) is 65.9 cm³/mol. The highest BCUT2D eigenvalue weighted by Gasteiger charge is 2.25. The lowest BCUT2D eigenvalue weighted by Crippen LogP contribution is -2.51. The molecule has 7 heteroatoms. The van der Waals surface area contributed by atoms with Crippen LogP contribution in [0.2, 0.25) is 0 Å². The molecular weight excluding hydrogens is 238 g/mol. The zero-order chi connectivity index (χ0) is 14.3. The van der Waals surface area contributed by atoms with E-state index in [2.05, 4.69) is 5.32 Å². The van der Waals surface area contributed by atoms with Crippen molar-refractivity contribution in [3.8, 4) is 0 Å². The number of carbonyl (C=O) groups is 3. The van der Waals surface area contributed by atoms with Crippen LogP contribution in [0.1, 0.15) is 33.6 Å². The minimum absolute atomic E-state index is 0.0482. The van der Waals surface area contributed by atoms with E-state index in [0.717, 1.165) is 6.42 Å². The quantitative estimate of drug-likeness (QED) is 0.603. The lowest BCUT2D eigenvalue weighted by atomic mass is 10.2. The van der Waals surface area contributed by atoms with Crippen LogP contribution in [0.4, 0.5) is 4.79 Å². The Morgan fingerprint density at radius 3 is 2.22 bits per heavy atom. The van der Waals surface area contributed by atoms with E-state index in [-0.39, 0.29) is 6.04 Å². The molecule has 7 nitrogen and oxygen atoms in total. The Hall–Kier alpha value is -1.79. The van der Waals surface area contributed by atoms with E-state index in [4.69, 9.17) is 10.8 Å². The van der Waals surface area contributed by atoms with Gasteiger partial charge in [-0.2, -0.15) is 0 Å². The number of nitrogens with zero attached hydrogens (tertiary/aromatic N) is 1. The molecule has 0 aliphatic rings. The Bertz CT molecular complexity index is 317. The molecule has 4 N–H and O–H groups in total. The summed E-state index contributed by atoms with van der Waals surface area (Å²) in [4.78, 5) is 35.0. The monoisotopic (exact) mass is 259 g/mol. The number of nitrogens with two attached hydrogens (primary N) is 1. The number of aliphatic carboxylic acids is 1. The van der Waals surface area contributed by atoms with Crippen LogP contribution >= 0.6 is 0 Å². The summed E-state index contributed by atoms with van der Waals surface area (Å²) in [6.45, 7) is 6.10. The molecule has 0 radical (unpaired) electrons. The van der Waals surface area contributed by atoms with Crippen LogP contribution in [-0.2, 0) is 9.59 Å². The van der Waals surface area contributed by atoms with E-state index >= 15 is 0 Å². The summed E-state index contributed by atoms with van der Waals surface area (Å²) in [7, 11) is 0. The van der Waals surface area contributed by atoms with Crippen LogP contribution in [0.25, 0.3) is 0 Å². The van der Waals surface area contributed by atoms with Gasteiger partial charge < -0.3 is 21.1 Å². The third-order valence-corrected chi connectivity index (χ3v) is 2.35. The summed E-state index contributed by atoms with van der Waals surface area (Å²) in [5.74, 6) is -2.04. The van der Waals surface area contributed by atoms with Gasteiger partial charge in [-0.3, -0.25) is 4.79 Å². The maximum atomic E-state index is 11.9. The first-order chi connectivity index (χ1) is 8.29. The zero-order valence-electron chi connectivity index (χ0n) is 11.0. The van der Waals surface area contributed by atoms with Crippen LogP contribution in [-0.4, -0.2) is 46.5 Å². The minimum Gasteiger partial charge on any atom is -0.480 e. The van der Waals surface area contributed by atoms with Gasteiger partial charge in [-0.25, -0.2) is 9.59 Å². The molecule has 0 aromatic rings. The summed E-state index contributed by atoms with van der Waals surface area (Å²) in [5, 5.41) is 11.2. The van der Waals surface area contributed by atoms with Crippen molar-refractivity contribution in [2.24, 2.45) is 5.73 Å². The molecule has 0 saturated carbocycles. The standard InChI is InChI=1S/C11H21N3O4/c1-4-5-14(7(2)3)11(18)13-8(10(16)17)6-9(12)15/h7-8H,4-6H2,1-3H3,(H2,12,15)(H,13,18)(H,16,17)/t8-/m1/s1. The Morgan fingerprint density at radius 2 is 1.89 bits per heavy atom. The number of carboxylic acid groups (broad SMARTS) is 1. The maximum Gasteiger partial charge on any atom is 0.326 e. The molecule has 0 saturated heterocycles. The minimum atomic E-state index is -1.28. The van der Waals surface area contributed by atoms with Crippen molar-refractivity contribution in [2.45, 2.75) is 45.7 Å². The van der Waals surface area contributed by atoms with Crippen LogP contribution in [0.15, 0.2) is 0 Å². The Kier molecular flexibility index (Phi) is 6.77. The second-order valence-corrected chi connectivity index (χ2v) is 4.30. The number of urea groups is 1. The first kappa shape index (κ1) is 16.2. The third-order valence-electron chi connectivity index (χ3n) is 2.35. The zero-order valence-corrected chi connectivity index (χ0v) is 11.0. The molecule has 0 aliphatic carbocycles. The predicted octanol–water partition coefficient (Wildman–Crippen LogP) is 0.145. The number of hydrogen-bond acceptors (Lipinski definition) is 3. The summed E-state index contributed by atoms with van der Waals surface area (Å²) in [6.07, 6.45) is 0.346. The molecule has 18 heavy (non-hydrogen) atoms. The van der Waals surface area contributed by atoms with Crippen LogP contribution in [0, 0.1) is 0 Å². The van der Waals surface area contributed by atoms with Crippen LogP contribution in [0.3, 0.4) is 0 Å². The molecule has 0 fully saturated rings. The number of primary amides is 1. The molecule has 0 unspecified atom stereocenters. The van der Waals surface area contributed by atoms with E-state index in [1.54, 1.807) is 0 Å². The first-order valence-electron chi connectivity index (χ1n) is 5.87. The highest BCUT2D eigenvalue weighted by molar-refractivity contribution is 5.87. The SMILES string of the molecule is CCCN(C(=O)N[C@H](CC(N)=O)C(=O)O)C(C)C. The molecule has 0 aromatic heterocycles. The Morgan fingerprint density at radius 1 is 1.33 bits per heavy atom. The fourth-order valence-electron chi connectivity index (χ4n) is 1.47. The number of carbonyl (C=O) groups excluding carboxylic acids is 2. The highest BCUT2D eigenvalue weighted by atomic mass is 16.4. The van der Waals surface area contributed by atoms with E-state index in [1.165, 1.54) is 4.90 Å². The number of rotatable bonds is 7. The highest BCUT2D eigenvalue weighted by Crippen LogP contribution is 2.02. The fourth-order valence-corrected chi connectivity index (χ4v) is 1.47. The van der Waals surface area contributed by atoms with E-state index in [1.807, 2.05) is 20.8 Å². The van der Waals surface area contributed by atoms with Gasteiger partial charge in [-0.15, -0.1) is 0 Å². The van der Waals surface area contributed by atoms with Gasteiger partial charge in [0.1, 0.15) is 6.04 Å². The van der Waals surface area contributed by atoms with Crippen LogP contribution in [0.5, 0.6) is 0 Å². The first-order valence-corrected chi connectivity index (χ1v) is 5.87. The van der Waals surface area contributed by atoms with Crippen molar-refractivity contribution >= 4 is 17.9 Å². The molecule has 0 rings (SSSR count). The van der Waals surface area contributed by atoms with Gasteiger partial charge in [0.05, 0.1) is 6.42 Å². The van der Waals surface area contributed by atoms with Gasteiger partial charge in [-0.05, 0) is 20.3 Å². The summed E-state index contributed by atoms with van der Waals surface area (Å²) < 4.78 is 0. The average molecular weight is 259 g/mol. The number of hydrogen-bond donors (Lipinski definition) is 3. The van der Waals surface area contributed by atoms with Gasteiger partial charge in [0, 0.05) is 12.6 Å². The van der Waals surface area contributed by atoms with E-state index < -0.39 is 30.4 Å². The fraction of sp³-hybridized carbons (Fsp3) is 0.727. The number of carboxylic acids is 1.